The Labute approximate surface area is 149 Å². The molecule has 4 nitrogen and oxygen atoms in total. The molecule has 4 atom stereocenters. The minimum absolute atomic E-state index is 0.349. The molecule has 2 aliphatic heterocycles. The maximum atomic E-state index is 12.9. The number of rotatable bonds is 2. The fourth-order valence-electron chi connectivity index (χ4n) is 4.30. The van der Waals surface area contributed by atoms with E-state index in [2.05, 4.69) is 24.5 Å². The average molecular weight is 356 g/mol. The van der Waals surface area contributed by atoms with Crippen molar-refractivity contribution in [2.45, 2.75) is 60.5 Å². The second-order valence-electron chi connectivity index (χ2n) is 7.36. The molecule has 0 aliphatic carbocycles. The molecule has 2 aromatic carbocycles. The van der Waals surface area contributed by atoms with E-state index in [9.17, 15) is 8.42 Å². The number of anilines is 1. The van der Waals surface area contributed by atoms with E-state index in [0.717, 1.165) is 24.1 Å². The molecule has 1 fully saturated rings. The largest absolute Gasteiger partial charge is 0.381 e. The van der Waals surface area contributed by atoms with Crippen LogP contribution in [-0.4, -0.2) is 26.5 Å². The van der Waals surface area contributed by atoms with Crippen LogP contribution in [-0.2, 0) is 9.84 Å². The molecule has 0 amide bonds. The quantitative estimate of drug-likeness (QED) is 0.864. The predicted molar refractivity (Wildman–Crippen MR) is 99.8 cm³/mol. The number of fused-ring (bicyclic) bond motifs is 3. The molecule has 1 saturated heterocycles. The monoisotopic (exact) mass is 356 g/mol. The van der Waals surface area contributed by atoms with Gasteiger partial charge in [0, 0.05) is 29.7 Å². The summed E-state index contributed by atoms with van der Waals surface area (Å²) in [6, 6.07) is 15.5. The van der Waals surface area contributed by atoms with Crippen molar-refractivity contribution >= 4 is 15.5 Å². The van der Waals surface area contributed by atoms with Crippen molar-refractivity contribution in [1.82, 2.24) is 5.32 Å². The van der Waals surface area contributed by atoms with Crippen molar-refractivity contribution < 1.29 is 8.42 Å². The molecule has 2 unspecified atom stereocenters. The van der Waals surface area contributed by atoms with Crippen LogP contribution >= 0.6 is 0 Å². The van der Waals surface area contributed by atoms with Gasteiger partial charge in [-0.05, 0) is 62.6 Å². The number of benzene rings is 2. The van der Waals surface area contributed by atoms with Gasteiger partial charge in [0.1, 0.15) is 0 Å². The lowest BCUT2D eigenvalue weighted by molar-refractivity contribution is 0.468. The van der Waals surface area contributed by atoms with E-state index < -0.39 is 9.84 Å². The van der Waals surface area contributed by atoms with Crippen LogP contribution in [0.4, 0.5) is 5.69 Å². The SMILES string of the molecule is CC1C[C@@H]2Nc3ccc(S(=O)(=O)c4ccccc4)cc3[C@H]2CC(C)N1. The summed E-state index contributed by atoms with van der Waals surface area (Å²) in [5.74, 6) is 0.355. The van der Waals surface area contributed by atoms with Gasteiger partial charge in [0.05, 0.1) is 9.79 Å². The van der Waals surface area contributed by atoms with Crippen LogP contribution < -0.4 is 10.6 Å². The fraction of sp³-hybridized carbons (Fsp3) is 0.400. The van der Waals surface area contributed by atoms with E-state index in [1.807, 2.05) is 18.2 Å². The van der Waals surface area contributed by atoms with Crippen molar-refractivity contribution in [1.29, 1.82) is 0 Å². The van der Waals surface area contributed by atoms with Crippen LogP contribution in [0.25, 0.3) is 0 Å². The van der Waals surface area contributed by atoms with Gasteiger partial charge in [0.2, 0.25) is 9.84 Å². The van der Waals surface area contributed by atoms with Gasteiger partial charge in [-0.2, -0.15) is 0 Å². The Morgan fingerprint density at radius 2 is 1.64 bits per heavy atom. The Morgan fingerprint density at radius 3 is 2.40 bits per heavy atom. The molecule has 0 aromatic heterocycles. The van der Waals surface area contributed by atoms with Crippen LogP contribution in [0, 0.1) is 0 Å². The Kier molecular flexibility index (Phi) is 4.08. The van der Waals surface area contributed by atoms with E-state index in [1.54, 1.807) is 30.3 Å². The third-order valence-electron chi connectivity index (χ3n) is 5.40. The summed E-state index contributed by atoms with van der Waals surface area (Å²) in [7, 11) is -3.48. The lowest BCUT2D eigenvalue weighted by atomic mass is 9.88. The first-order valence-corrected chi connectivity index (χ1v) is 10.4. The van der Waals surface area contributed by atoms with Crippen LogP contribution in [0.2, 0.25) is 0 Å². The highest BCUT2D eigenvalue weighted by Crippen LogP contribution is 2.43. The first-order chi connectivity index (χ1) is 11.9. The standard InChI is InChI=1S/C20H24N2O2S/c1-13-10-17-18-12-16(25(23,24)15-6-4-3-5-7-15)8-9-19(18)22-20(17)11-14(2)21-13/h3-9,12-14,17,20-22H,10-11H2,1-2H3/t13?,14?,17-,20+/m1/s1. The predicted octanol–water partition coefficient (Wildman–Crippen LogP) is 3.56. The Hall–Kier alpha value is -1.85. The number of hydrogen-bond donors (Lipinski definition) is 2. The Bertz CT molecular complexity index is 880. The molecular weight excluding hydrogens is 332 g/mol. The summed E-state index contributed by atoms with van der Waals surface area (Å²) in [5, 5.41) is 7.22. The Balaban J connectivity index is 1.74. The summed E-state index contributed by atoms with van der Waals surface area (Å²) in [6.45, 7) is 4.43. The van der Waals surface area contributed by atoms with Crippen LogP contribution in [0.1, 0.15) is 38.2 Å². The third-order valence-corrected chi connectivity index (χ3v) is 7.16. The van der Waals surface area contributed by atoms with E-state index in [1.165, 1.54) is 0 Å². The highest BCUT2D eigenvalue weighted by atomic mass is 32.2. The molecule has 0 saturated carbocycles. The van der Waals surface area contributed by atoms with E-state index in [4.69, 9.17) is 0 Å². The zero-order chi connectivity index (χ0) is 17.6. The van der Waals surface area contributed by atoms with Gasteiger partial charge in [-0.25, -0.2) is 8.42 Å². The molecule has 2 aromatic rings. The zero-order valence-corrected chi connectivity index (χ0v) is 15.4. The molecule has 0 spiro atoms. The van der Waals surface area contributed by atoms with Crippen LogP contribution in [0.3, 0.4) is 0 Å². The summed E-state index contributed by atoms with van der Waals surface area (Å²) in [5.41, 5.74) is 2.23. The molecule has 2 heterocycles. The minimum Gasteiger partial charge on any atom is -0.381 e. The highest BCUT2D eigenvalue weighted by Gasteiger charge is 2.37. The van der Waals surface area contributed by atoms with Crippen molar-refractivity contribution in [3.63, 3.8) is 0 Å². The molecule has 2 aliphatic rings. The number of sulfone groups is 1. The average Bonchev–Trinajstić information content (AvgIpc) is 2.84. The van der Waals surface area contributed by atoms with Gasteiger partial charge in [-0.3, -0.25) is 0 Å². The summed E-state index contributed by atoms with van der Waals surface area (Å²) < 4.78 is 25.9. The van der Waals surface area contributed by atoms with E-state index in [-0.39, 0.29) is 0 Å². The van der Waals surface area contributed by atoms with Gasteiger partial charge in [0.15, 0.2) is 0 Å². The Morgan fingerprint density at radius 1 is 0.920 bits per heavy atom. The van der Waals surface area contributed by atoms with E-state index >= 15 is 0 Å². The minimum atomic E-state index is -3.48. The molecule has 25 heavy (non-hydrogen) atoms. The normalized spacial score (nSPS) is 28.6. The molecule has 4 rings (SSSR count). The van der Waals surface area contributed by atoms with Gasteiger partial charge < -0.3 is 10.6 Å². The van der Waals surface area contributed by atoms with Gasteiger partial charge in [0.25, 0.3) is 0 Å². The van der Waals surface area contributed by atoms with Crippen LogP contribution in [0.5, 0.6) is 0 Å². The first kappa shape index (κ1) is 16.6. The van der Waals surface area contributed by atoms with Gasteiger partial charge in [-0.15, -0.1) is 0 Å². The van der Waals surface area contributed by atoms with Gasteiger partial charge >= 0.3 is 0 Å². The number of hydrogen-bond acceptors (Lipinski definition) is 4. The summed E-state index contributed by atoms with van der Waals surface area (Å²) in [6.07, 6.45) is 2.06. The summed E-state index contributed by atoms with van der Waals surface area (Å²) >= 11 is 0. The van der Waals surface area contributed by atoms with Crippen molar-refractivity contribution in [3.05, 3.63) is 54.1 Å². The lowest BCUT2D eigenvalue weighted by Crippen LogP contribution is -2.33. The maximum Gasteiger partial charge on any atom is 0.206 e. The molecular formula is C20H24N2O2S. The number of nitrogens with one attached hydrogen (secondary N) is 2. The van der Waals surface area contributed by atoms with E-state index in [0.29, 0.717) is 33.8 Å². The zero-order valence-electron chi connectivity index (χ0n) is 14.6. The molecule has 5 heteroatoms. The van der Waals surface area contributed by atoms with Crippen molar-refractivity contribution in [2.75, 3.05) is 5.32 Å². The lowest BCUT2D eigenvalue weighted by Gasteiger charge is -2.18. The fourth-order valence-corrected chi connectivity index (χ4v) is 5.61. The molecule has 2 N–H and O–H groups in total. The second-order valence-corrected chi connectivity index (χ2v) is 9.31. The smallest absolute Gasteiger partial charge is 0.206 e. The third kappa shape index (κ3) is 2.96. The second kappa shape index (κ2) is 6.15. The first-order valence-electron chi connectivity index (χ1n) is 8.92. The summed E-state index contributed by atoms with van der Waals surface area (Å²) in [4.78, 5) is 0.736. The van der Waals surface area contributed by atoms with Crippen molar-refractivity contribution in [2.24, 2.45) is 0 Å². The van der Waals surface area contributed by atoms with Gasteiger partial charge in [-0.1, -0.05) is 18.2 Å². The topological polar surface area (TPSA) is 58.2 Å². The van der Waals surface area contributed by atoms with Crippen molar-refractivity contribution in [3.8, 4) is 0 Å². The maximum absolute atomic E-state index is 12.9. The van der Waals surface area contributed by atoms with Crippen LogP contribution in [0.15, 0.2) is 58.3 Å². The molecule has 0 bridgehead atoms. The molecule has 0 radical (unpaired) electrons. The highest BCUT2D eigenvalue weighted by molar-refractivity contribution is 7.91. The molecule has 132 valence electrons.